The molecule has 0 bridgehead atoms. The molecule has 1 aliphatic heterocycles. The van der Waals surface area contributed by atoms with Gasteiger partial charge in [0.15, 0.2) is 11.7 Å². The first kappa shape index (κ1) is 12.4. The monoisotopic (exact) mass is 261 g/mol. The van der Waals surface area contributed by atoms with Crippen molar-refractivity contribution in [2.75, 3.05) is 6.61 Å². The minimum Gasteiger partial charge on any atom is -0.394 e. The molecule has 8 nitrogen and oxygen atoms in total. The Kier molecular flexibility index (Phi) is 3.41. The summed E-state index contributed by atoms with van der Waals surface area (Å²) in [5, 5.41) is 32.0. The summed E-state index contributed by atoms with van der Waals surface area (Å²) < 4.78 is 6.46. The minimum absolute atomic E-state index is 0.128. The van der Waals surface area contributed by atoms with Crippen molar-refractivity contribution < 1.29 is 24.9 Å². The van der Waals surface area contributed by atoms with Gasteiger partial charge in [0.1, 0.15) is 18.3 Å². The topological polar surface area (TPSA) is 131 Å². The van der Waals surface area contributed by atoms with Gasteiger partial charge in [0.2, 0.25) is 0 Å². The average Bonchev–Trinajstić information content (AvgIpc) is 2.87. The summed E-state index contributed by atoms with van der Waals surface area (Å²) in [6, 6.07) is 0. The lowest BCUT2D eigenvalue weighted by Gasteiger charge is -2.14. The lowest BCUT2D eigenvalue weighted by Crippen LogP contribution is -2.33. The van der Waals surface area contributed by atoms with E-state index in [2.05, 4.69) is 5.10 Å². The maximum Gasteiger partial charge on any atom is 0.273 e. The Labute approximate surface area is 97.7 Å². The predicted molar refractivity (Wildman–Crippen MR) is 56.3 cm³/mol. The fourth-order valence-corrected chi connectivity index (χ4v) is 2.30. The van der Waals surface area contributed by atoms with Crippen molar-refractivity contribution in [3.8, 4) is 0 Å². The summed E-state index contributed by atoms with van der Waals surface area (Å²) in [5.41, 5.74) is 5.19. The van der Waals surface area contributed by atoms with E-state index in [-0.39, 0.29) is 5.43 Å². The van der Waals surface area contributed by atoms with Crippen LogP contribution in [0.25, 0.3) is 0 Å². The first-order valence-electron chi connectivity index (χ1n) is 4.88. The number of ether oxygens (including phenoxy) is 1. The molecule has 4 atom stereocenters. The quantitative estimate of drug-likeness (QED) is 0.506. The van der Waals surface area contributed by atoms with Crippen LogP contribution in [-0.4, -0.2) is 55.9 Å². The van der Waals surface area contributed by atoms with Crippen molar-refractivity contribution in [3.05, 3.63) is 11.4 Å². The van der Waals surface area contributed by atoms with E-state index in [9.17, 15) is 15.0 Å². The Bertz CT molecular complexity index is 425. The van der Waals surface area contributed by atoms with E-state index in [0.717, 1.165) is 0 Å². The van der Waals surface area contributed by atoms with Gasteiger partial charge in [0, 0.05) is 0 Å². The number of rotatable bonds is 3. The molecular weight excluding hydrogens is 249 g/mol. The van der Waals surface area contributed by atoms with Crippen LogP contribution in [0.5, 0.6) is 0 Å². The molecule has 1 aromatic rings. The standard InChI is InChI=1S/C8H12N3O5P/c9-6(15)7-10-11(2-17-7)8-5(14)4(13)3(1-12)16-8/h2-5,8,12-14H,1H2,(H2,9,15)/t3-,4-,5-,8?/m1/s1. The molecule has 94 valence electrons. The van der Waals surface area contributed by atoms with Gasteiger partial charge >= 0.3 is 0 Å². The summed E-state index contributed by atoms with van der Waals surface area (Å²) >= 11 is 0. The third-order valence-electron chi connectivity index (χ3n) is 2.51. The molecule has 5 N–H and O–H groups in total. The Hall–Kier alpha value is -1.05. The Morgan fingerprint density at radius 3 is 2.76 bits per heavy atom. The highest BCUT2D eigenvalue weighted by Crippen LogP contribution is 2.30. The Balaban J connectivity index is 2.19. The van der Waals surface area contributed by atoms with Gasteiger partial charge in [-0.3, -0.25) is 4.79 Å². The highest BCUT2D eigenvalue weighted by Gasteiger charge is 2.43. The first-order valence-corrected chi connectivity index (χ1v) is 5.84. The lowest BCUT2D eigenvalue weighted by molar-refractivity contribution is -0.0585. The molecule has 0 spiro atoms. The first-order chi connectivity index (χ1) is 8.04. The number of primary amides is 1. The molecule has 17 heavy (non-hydrogen) atoms. The van der Waals surface area contributed by atoms with Gasteiger partial charge in [0.05, 0.1) is 12.5 Å². The third kappa shape index (κ3) is 2.18. The summed E-state index contributed by atoms with van der Waals surface area (Å²) in [7, 11) is 0.501. The van der Waals surface area contributed by atoms with Crippen LogP contribution in [0, 0.1) is 0 Å². The maximum absolute atomic E-state index is 10.9. The highest BCUT2D eigenvalue weighted by atomic mass is 31.0. The average molecular weight is 261 g/mol. The fraction of sp³-hybridized carbons (Fsp3) is 0.625. The van der Waals surface area contributed by atoms with Crippen molar-refractivity contribution >= 4 is 14.1 Å². The van der Waals surface area contributed by atoms with Crippen LogP contribution >= 0.6 is 8.19 Å². The molecule has 0 aromatic carbocycles. The molecule has 0 saturated carbocycles. The molecule has 1 amide bonds. The van der Waals surface area contributed by atoms with Gasteiger partial charge in [-0.15, -0.1) is 0 Å². The van der Waals surface area contributed by atoms with E-state index in [4.69, 9.17) is 15.6 Å². The number of hydrogen-bond acceptors (Lipinski definition) is 6. The molecule has 0 radical (unpaired) electrons. The van der Waals surface area contributed by atoms with Crippen LogP contribution in [-0.2, 0) is 4.74 Å². The molecule has 1 aliphatic rings. The Morgan fingerprint density at radius 2 is 2.29 bits per heavy atom. The number of aromatic nitrogens is 2. The number of carbonyl (C=O) groups is 1. The van der Waals surface area contributed by atoms with Crippen molar-refractivity contribution in [2.24, 2.45) is 5.73 Å². The van der Waals surface area contributed by atoms with Gasteiger partial charge in [-0.05, 0) is 8.19 Å². The SMILES string of the molecule is NC(=O)c1nn(C2O[C@H](CO)[C@@H](O)[C@H]2O)cp1. The van der Waals surface area contributed by atoms with Crippen LogP contribution < -0.4 is 5.73 Å². The number of aliphatic hydroxyl groups excluding tert-OH is 3. The van der Waals surface area contributed by atoms with Gasteiger partial charge < -0.3 is 25.8 Å². The fourth-order valence-electron chi connectivity index (χ4n) is 1.61. The smallest absolute Gasteiger partial charge is 0.273 e. The number of carbonyl (C=O) groups excluding carboxylic acids is 1. The largest absolute Gasteiger partial charge is 0.394 e. The van der Waals surface area contributed by atoms with E-state index in [1.807, 2.05) is 0 Å². The number of nitrogens with two attached hydrogens (primary N) is 1. The van der Waals surface area contributed by atoms with Crippen LogP contribution in [0.4, 0.5) is 0 Å². The molecule has 1 saturated heterocycles. The molecule has 1 aromatic heterocycles. The predicted octanol–water partition coefficient (Wildman–Crippen LogP) is -1.83. The summed E-state index contributed by atoms with van der Waals surface area (Å²) in [6.07, 6.45) is -4.20. The lowest BCUT2D eigenvalue weighted by atomic mass is 10.1. The zero-order valence-corrected chi connectivity index (χ0v) is 9.57. The molecule has 1 unspecified atom stereocenters. The second kappa shape index (κ2) is 4.67. The zero-order chi connectivity index (χ0) is 12.6. The molecule has 2 rings (SSSR count). The Morgan fingerprint density at radius 1 is 1.59 bits per heavy atom. The normalized spacial score (nSPS) is 33.4. The molecule has 9 heteroatoms. The number of hydrogen-bond donors (Lipinski definition) is 4. The van der Waals surface area contributed by atoms with Crippen LogP contribution in [0.1, 0.15) is 16.4 Å². The van der Waals surface area contributed by atoms with Crippen molar-refractivity contribution in [3.63, 3.8) is 0 Å². The van der Waals surface area contributed by atoms with Crippen molar-refractivity contribution in [1.82, 2.24) is 9.78 Å². The summed E-state index contributed by atoms with van der Waals surface area (Å²) in [6.45, 7) is -0.410. The maximum atomic E-state index is 10.9. The number of amides is 1. The second-order valence-electron chi connectivity index (χ2n) is 3.64. The molecule has 2 heterocycles. The summed E-state index contributed by atoms with van der Waals surface area (Å²) in [5.74, 6) is 0.845. The summed E-state index contributed by atoms with van der Waals surface area (Å²) in [4.78, 5) is 10.9. The van der Waals surface area contributed by atoms with Gasteiger partial charge in [-0.25, -0.2) is 4.68 Å². The van der Waals surface area contributed by atoms with Crippen LogP contribution in [0.15, 0.2) is 5.93 Å². The third-order valence-corrected chi connectivity index (χ3v) is 3.41. The molecular formula is C8H12N3O5P. The van der Waals surface area contributed by atoms with E-state index in [1.54, 1.807) is 0 Å². The number of aliphatic hydroxyl groups is 3. The minimum atomic E-state index is -1.21. The van der Waals surface area contributed by atoms with Crippen molar-refractivity contribution in [1.29, 1.82) is 0 Å². The number of nitrogens with zero attached hydrogens (tertiary/aromatic N) is 2. The van der Waals surface area contributed by atoms with Crippen LogP contribution in [0.2, 0.25) is 0 Å². The van der Waals surface area contributed by atoms with Gasteiger partial charge in [-0.1, -0.05) is 0 Å². The van der Waals surface area contributed by atoms with E-state index in [1.165, 1.54) is 10.6 Å². The van der Waals surface area contributed by atoms with E-state index < -0.39 is 37.1 Å². The highest BCUT2D eigenvalue weighted by molar-refractivity contribution is 7.31. The zero-order valence-electron chi connectivity index (χ0n) is 8.67. The van der Waals surface area contributed by atoms with Crippen LogP contribution in [0.3, 0.4) is 0 Å². The van der Waals surface area contributed by atoms with Crippen molar-refractivity contribution in [2.45, 2.75) is 24.5 Å². The molecule has 1 fully saturated rings. The van der Waals surface area contributed by atoms with E-state index in [0.29, 0.717) is 8.19 Å². The van der Waals surface area contributed by atoms with Gasteiger partial charge in [0.25, 0.3) is 5.91 Å². The van der Waals surface area contributed by atoms with Gasteiger partial charge in [-0.2, -0.15) is 5.10 Å². The van der Waals surface area contributed by atoms with E-state index >= 15 is 0 Å². The second-order valence-corrected chi connectivity index (χ2v) is 4.55. The molecule has 0 aliphatic carbocycles.